The van der Waals surface area contributed by atoms with Crippen LogP contribution < -0.4 is 11.0 Å². The van der Waals surface area contributed by atoms with Crippen LogP contribution in [0.4, 0.5) is 4.79 Å². The van der Waals surface area contributed by atoms with E-state index in [1.54, 1.807) is 34.7 Å². The molecule has 1 fully saturated rings. The molecule has 1 aliphatic heterocycles. The highest BCUT2D eigenvalue weighted by Gasteiger charge is 2.29. The van der Waals surface area contributed by atoms with Crippen LogP contribution in [0.15, 0.2) is 23.0 Å². The summed E-state index contributed by atoms with van der Waals surface area (Å²) >= 11 is 0. The van der Waals surface area contributed by atoms with Crippen molar-refractivity contribution in [1.82, 2.24) is 19.8 Å². The summed E-state index contributed by atoms with van der Waals surface area (Å²) in [7, 11) is 1.57. The Kier molecular flexibility index (Phi) is 4.99. The number of imidazole rings is 1. The van der Waals surface area contributed by atoms with Gasteiger partial charge in [-0.15, -0.1) is 0 Å². The zero-order valence-electron chi connectivity index (χ0n) is 16.2. The maximum absolute atomic E-state index is 12.5. The van der Waals surface area contributed by atoms with E-state index in [0.717, 1.165) is 5.52 Å². The van der Waals surface area contributed by atoms with E-state index >= 15 is 0 Å². The lowest BCUT2D eigenvalue weighted by Crippen LogP contribution is -2.43. The van der Waals surface area contributed by atoms with Crippen molar-refractivity contribution in [2.75, 3.05) is 20.1 Å². The van der Waals surface area contributed by atoms with E-state index in [-0.39, 0.29) is 23.7 Å². The molecule has 2 aromatic rings. The molecule has 3 rings (SSSR count). The number of H-pyrrole nitrogens is 1. The average molecular weight is 374 g/mol. The van der Waals surface area contributed by atoms with E-state index in [2.05, 4.69) is 10.3 Å². The summed E-state index contributed by atoms with van der Waals surface area (Å²) in [5.74, 6) is -0.198. The van der Waals surface area contributed by atoms with Crippen LogP contribution in [0.3, 0.4) is 0 Å². The number of rotatable bonds is 2. The van der Waals surface area contributed by atoms with Gasteiger partial charge in [-0.1, -0.05) is 0 Å². The molecule has 8 heteroatoms. The molecular formula is C19H26N4O4. The lowest BCUT2D eigenvalue weighted by Gasteiger charge is -2.33. The molecule has 1 aromatic carbocycles. The van der Waals surface area contributed by atoms with Crippen molar-refractivity contribution in [1.29, 1.82) is 0 Å². The van der Waals surface area contributed by atoms with Crippen LogP contribution in [-0.4, -0.2) is 52.2 Å². The summed E-state index contributed by atoms with van der Waals surface area (Å²) in [5.41, 5.74) is 1.18. The first-order valence-corrected chi connectivity index (χ1v) is 9.14. The van der Waals surface area contributed by atoms with E-state index in [9.17, 15) is 14.4 Å². The van der Waals surface area contributed by atoms with Gasteiger partial charge in [0.15, 0.2) is 0 Å². The first kappa shape index (κ1) is 19.0. The van der Waals surface area contributed by atoms with Gasteiger partial charge in [0.05, 0.1) is 11.0 Å². The summed E-state index contributed by atoms with van der Waals surface area (Å²) in [4.78, 5) is 41.0. The van der Waals surface area contributed by atoms with Gasteiger partial charge in [0.2, 0.25) is 0 Å². The SMILES string of the molecule is CNC(=O)c1ccc2c(c1)[nH]c(=O)n2C1CCN(C(=O)OC(C)(C)C)CC1. The Labute approximate surface area is 157 Å². The molecule has 0 bridgehead atoms. The zero-order valence-corrected chi connectivity index (χ0v) is 16.2. The Bertz CT molecular complexity index is 914. The van der Waals surface area contributed by atoms with Crippen LogP contribution in [0.5, 0.6) is 0 Å². The van der Waals surface area contributed by atoms with Gasteiger partial charge < -0.3 is 19.9 Å². The standard InChI is InChI=1S/C19H26N4O4/c1-19(2,3)27-18(26)22-9-7-13(8-10-22)23-15-6-5-12(16(24)20-4)11-14(15)21-17(23)25/h5-6,11,13H,7-10H2,1-4H3,(H,20,24)(H,21,25). The Morgan fingerprint density at radius 3 is 2.48 bits per heavy atom. The number of aromatic amines is 1. The Morgan fingerprint density at radius 1 is 1.22 bits per heavy atom. The molecule has 2 N–H and O–H groups in total. The lowest BCUT2D eigenvalue weighted by molar-refractivity contribution is 0.0189. The smallest absolute Gasteiger partial charge is 0.410 e. The molecule has 146 valence electrons. The number of hydrogen-bond donors (Lipinski definition) is 2. The number of amides is 2. The topological polar surface area (TPSA) is 96.4 Å². The predicted octanol–water partition coefficient (Wildman–Crippen LogP) is 2.26. The summed E-state index contributed by atoms with van der Waals surface area (Å²) < 4.78 is 7.15. The molecule has 0 spiro atoms. The second-order valence-corrected chi connectivity index (χ2v) is 7.81. The largest absolute Gasteiger partial charge is 0.444 e. The quantitative estimate of drug-likeness (QED) is 0.843. The van der Waals surface area contributed by atoms with E-state index in [0.29, 0.717) is 37.0 Å². The molecule has 0 aliphatic carbocycles. The number of ether oxygens (including phenoxy) is 1. The van der Waals surface area contributed by atoms with Crippen LogP contribution >= 0.6 is 0 Å². The van der Waals surface area contributed by atoms with Gasteiger partial charge in [-0.05, 0) is 51.8 Å². The number of carbonyl (C=O) groups excluding carboxylic acids is 2. The van der Waals surface area contributed by atoms with Crippen LogP contribution in [0.1, 0.15) is 50.0 Å². The van der Waals surface area contributed by atoms with Crippen LogP contribution in [-0.2, 0) is 4.74 Å². The van der Waals surface area contributed by atoms with Crippen molar-refractivity contribution in [3.8, 4) is 0 Å². The average Bonchev–Trinajstić information content (AvgIpc) is 2.94. The van der Waals surface area contributed by atoms with Gasteiger partial charge in [0.25, 0.3) is 5.91 Å². The third-order valence-corrected chi connectivity index (χ3v) is 4.69. The molecule has 1 aliphatic rings. The van der Waals surface area contributed by atoms with E-state index in [4.69, 9.17) is 4.74 Å². The summed E-state index contributed by atoms with van der Waals surface area (Å²) in [6.07, 6.45) is 1.02. The maximum atomic E-state index is 12.5. The van der Waals surface area contributed by atoms with Gasteiger partial charge in [0, 0.05) is 31.7 Å². The van der Waals surface area contributed by atoms with Crippen molar-refractivity contribution < 1.29 is 14.3 Å². The van der Waals surface area contributed by atoms with Gasteiger partial charge in [-0.2, -0.15) is 0 Å². The number of aromatic nitrogens is 2. The highest BCUT2D eigenvalue weighted by atomic mass is 16.6. The van der Waals surface area contributed by atoms with Crippen molar-refractivity contribution in [2.24, 2.45) is 0 Å². The zero-order chi connectivity index (χ0) is 19.8. The van der Waals surface area contributed by atoms with Crippen molar-refractivity contribution in [3.63, 3.8) is 0 Å². The molecule has 0 atom stereocenters. The minimum atomic E-state index is -0.524. The summed E-state index contributed by atoms with van der Waals surface area (Å²) in [6.45, 7) is 6.60. The molecular weight excluding hydrogens is 348 g/mol. The molecule has 2 heterocycles. The highest BCUT2D eigenvalue weighted by Crippen LogP contribution is 2.26. The molecule has 1 saturated heterocycles. The molecule has 2 amide bonds. The number of likely N-dealkylation sites (tertiary alicyclic amines) is 1. The lowest BCUT2D eigenvalue weighted by atomic mass is 10.0. The molecule has 0 saturated carbocycles. The number of hydrogen-bond acceptors (Lipinski definition) is 4. The minimum absolute atomic E-state index is 0.00390. The van der Waals surface area contributed by atoms with E-state index in [1.807, 2.05) is 20.8 Å². The van der Waals surface area contributed by atoms with Crippen molar-refractivity contribution in [3.05, 3.63) is 34.2 Å². The predicted molar refractivity (Wildman–Crippen MR) is 102 cm³/mol. The first-order chi connectivity index (χ1) is 12.7. The fourth-order valence-electron chi connectivity index (χ4n) is 3.41. The Morgan fingerprint density at radius 2 is 1.89 bits per heavy atom. The van der Waals surface area contributed by atoms with Crippen LogP contribution in [0.25, 0.3) is 11.0 Å². The number of nitrogens with zero attached hydrogens (tertiary/aromatic N) is 2. The van der Waals surface area contributed by atoms with Gasteiger partial charge in [0.1, 0.15) is 5.60 Å². The van der Waals surface area contributed by atoms with Crippen molar-refractivity contribution >= 4 is 23.0 Å². The number of piperidine rings is 1. The second kappa shape index (κ2) is 7.09. The van der Waals surface area contributed by atoms with Gasteiger partial charge in [-0.25, -0.2) is 9.59 Å². The molecule has 0 unspecified atom stereocenters. The second-order valence-electron chi connectivity index (χ2n) is 7.81. The molecule has 27 heavy (non-hydrogen) atoms. The Balaban J connectivity index is 1.77. The fraction of sp³-hybridized carbons (Fsp3) is 0.526. The summed E-state index contributed by atoms with van der Waals surface area (Å²) in [6, 6.07) is 5.18. The van der Waals surface area contributed by atoms with Crippen molar-refractivity contribution in [2.45, 2.75) is 45.3 Å². The molecule has 0 radical (unpaired) electrons. The highest BCUT2D eigenvalue weighted by molar-refractivity contribution is 5.97. The van der Waals surface area contributed by atoms with Gasteiger partial charge in [-0.3, -0.25) is 9.36 Å². The maximum Gasteiger partial charge on any atom is 0.410 e. The third-order valence-electron chi connectivity index (χ3n) is 4.69. The van der Waals surface area contributed by atoms with Crippen LogP contribution in [0.2, 0.25) is 0 Å². The first-order valence-electron chi connectivity index (χ1n) is 9.14. The van der Waals surface area contributed by atoms with E-state index < -0.39 is 5.60 Å². The number of benzene rings is 1. The number of carbonyl (C=O) groups is 2. The van der Waals surface area contributed by atoms with Crippen LogP contribution in [0, 0.1) is 0 Å². The summed E-state index contributed by atoms with van der Waals surface area (Å²) in [5, 5.41) is 2.58. The molecule has 1 aromatic heterocycles. The van der Waals surface area contributed by atoms with E-state index in [1.165, 1.54) is 0 Å². The monoisotopic (exact) mass is 374 g/mol. The normalized spacial score (nSPS) is 15.8. The number of fused-ring (bicyclic) bond motifs is 1. The minimum Gasteiger partial charge on any atom is -0.444 e. The fourth-order valence-corrected chi connectivity index (χ4v) is 3.41. The third kappa shape index (κ3) is 3.99. The van der Waals surface area contributed by atoms with Gasteiger partial charge >= 0.3 is 11.8 Å². The number of nitrogens with one attached hydrogen (secondary N) is 2. The molecule has 8 nitrogen and oxygen atoms in total. The Hall–Kier alpha value is -2.77.